The van der Waals surface area contributed by atoms with E-state index in [0.717, 1.165) is 42.2 Å². The summed E-state index contributed by atoms with van der Waals surface area (Å²) in [6.45, 7) is 5.16. The van der Waals surface area contributed by atoms with Gasteiger partial charge in [0, 0.05) is 31.1 Å². The standard InChI is InChI=1S/C13H18N4/c1-3-5-17-6-4-15-13(17)8-11-7-10(2)12(14)9-16-11/h4,6-7,9H,3,5,8,14H2,1-2H3. The van der Waals surface area contributed by atoms with Crippen LogP contribution in [0, 0.1) is 6.92 Å². The number of hydrogen-bond donors (Lipinski definition) is 1. The van der Waals surface area contributed by atoms with Gasteiger partial charge in [0.05, 0.1) is 11.9 Å². The highest BCUT2D eigenvalue weighted by Crippen LogP contribution is 2.12. The van der Waals surface area contributed by atoms with Crippen molar-refractivity contribution in [3.8, 4) is 0 Å². The monoisotopic (exact) mass is 230 g/mol. The molecule has 0 aliphatic carbocycles. The van der Waals surface area contributed by atoms with Crippen molar-refractivity contribution < 1.29 is 0 Å². The van der Waals surface area contributed by atoms with Crippen molar-refractivity contribution >= 4 is 5.69 Å². The van der Waals surface area contributed by atoms with Gasteiger partial charge in [0.1, 0.15) is 5.82 Å². The maximum absolute atomic E-state index is 5.76. The van der Waals surface area contributed by atoms with Crippen LogP contribution in [-0.2, 0) is 13.0 Å². The van der Waals surface area contributed by atoms with E-state index in [2.05, 4.69) is 21.5 Å². The van der Waals surface area contributed by atoms with Crippen molar-refractivity contribution in [3.63, 3.8) is 0 Å². The van der Waals surface area contributed by atoms with E-state index in [9.17, 15) is 0 Å². The molecule has 0 aliphatic heterocycles. The van der Waals surface area contributed by atoms with E-state index in [1.165, 1.54) is 0 Å². The first-order valence-electron chi connectivity index (χ1n) is 5.91. The lowest BCUT2D eigenvalue weighted by atomic mass is 10.2. The van der Waals surface area contributed by atoms with Crippen LogP contribution in [0.5, 0.6) is 0 Å². The lowest BCUT2D eigenvalue weighted by Gasteiger charge is -2.07. The Morgan fingerprint density at radius 2 is 2.18 bits per heavy atom. The predicted octanol–water partition coefficient (Wildman–Crippen LogP) is 2.17. The van der Waals surface area contributed by atoms with Gasteiger partial charge in [0.2, 0.25) is 0 Å². The molecule has 0 bridgehead atoms. The third-order valence-corrected chi connectivity index (χ3v) is 2.81. The molecule has 0 aliphatic rings. The van der Waals surface area contributed by atoms with Gasteiger partial charge in [-0.25, -0.2) is 4.98 Å². The van der Waals surface area contributed by atoms with Crippen molar-refractivity contribution in [2.45, 2.75) is 33.2 Å². The third kappa shape index (κ3) is 2.64. The van der Waals surface area contributed by atoms with Crippen molar-refractivity contribution in [2.75, 3.05) is 5.73 Å². The summed E-state index contributed by atoms with van der Waals surface area (Å²) < 4.78 is 2.17. The summed E-state index contributed by atoms with van der Waals surface area (Å²) in [4.78, 5) is 8.71. The van der Waals surface area contributed by atoms with Crippen molar-refractivity contribution in [1.29, 1.82) is 0 Å². The average molecular weight is 230 g/mol. The van der Waals surface area contributed by atoms with Crippen LogP contribution in [0.15, 0.2) is 24.7 Å². The van der Waals surface area contributed by atoms with Gasteiger partial charge in [0.25, 0.3) is 0 Å². The number of imidazole rings is 1. The minimum atomic E-state index is 0.741. The number of pyridine rings is 1. The average Bonchev–Trinajstić information content (AvgIpc) is 2.72. The topological polar surface area (TPSA) is 56.7 Å². The van der Waals surface area contributed by atoms with Crippen LogP contribution >= 0.6 is 0 Å². The SMILES string of the molecule is CCCn1ccnc1Cc1cc(C)c(N)cn1. The first-order valence-corrected chi connectivity index (χ1v) is 5.91. The Hall–Kier alpha value is -1.84. The lowest BCUT2D eigenvalue weighted by Crippen LogP contribution is -2.05. The van der Waals surface area contributed by atoms with E-state index in [0.29, 0.717) is 0 Å². The molecule has 0 aromatic carbocycles. The molecule has 17 heavy (non-hydrogen) atoms. The zero-order valence-corrected chi connectivity index (χ0v) is 10.3. The van der Waals surface area contributed by atoms with Crippen LogP contribution in [0.3, 0.4) is 0 Å². The summed E-state index contributed by atoms with van der Waals surface area (Å²) in [5.41, 5.74) is 8.58. The van der Waals surface area contributed by atoms with E-state index < -0.39 is 0 Å². The molecule has 0 saturated heterocycles. The fourth-order valence-corrected chi connectivity index (χ4v) is 1.84. The molecular weight excluding hydrogens is 212 g/mol. The van der Waals surface area contributed by atoms with E-state index >= 15 is 0 Å². The Bertz CT molecular complexity index is 502. The van der Waals surface area contributed by atoms with E-state index in [1.807, 2.05) is 25.4 Å². The molecule has 2 aromatic heterocycles. The summed E-state index contributed by atoms with van der Waals surface area (Å²) in [5.74, 6) is 1.06. The highest BCUT2D eigenvalue weighted by Gasteiger charge is 2.05. The van der Waals surface area contributed by atoms with Crippen molar-refractivity contribution in [3.05, 3.63) is 41.7 Å². The van der Waals surface area contributed by atoms with Gasteiger partial charge in [-0.3, -0.25) is 4.98 Å². The lowest BCUT2D eigenvalue weighted by molar-refractivity contribution is 0.645. The van der Waals surface area contributed by atoms with Crippen LogP contribution in [0.25, 0.3) is 0 Å². The van der Waals surface area contributed by atoms with Gasteiger partial charge >= 0.3 is 0 Å². The van der Waals surface area contributed by atoms with Crippen LogP contribution in [0.2, 0.25) is 0 Å². The quantitative estimate of drug-likeness (QED) is 0.875. The van der Waals surface area contributed by atoms with Gasteiger partial charge in [0.15, 0.2) is 0 Å². The number of rotatable bonds is 4. The highest BCUT2D eigenvalue weighted by molar-refractivity contribution is 5.44. The van der Waals surface area contributed by atoms with Crippen LogP contribution in [0.4, 0.5) is 5.69 Å². The summed E-state index contributed by atoms with van der Waals surface area (Å²) in [6.07, 6.45) is 7.45. The molecule has 4 nitrogen and oxygen atoms in total. The second-order valence-electron chi connectivity index (χ2n) is 4.25. The largest absolute Gasteiger partial charge is 0.397 e. The fourth-order valence-electron chi connectivity index (χ4n) is 1.84. The zero-order valence-electron chi connectivity index (χ0n) is 10.3. The smallest absolute Gasteiger partial charge is 0.114 e. The number of nitrogen functional groups attached to an aromatic ring is 1. The van der Waals surface area contributed by atoms with E-state index in [1.54, 1.807) is 6.20 Å². The number of aromatic nitrogens is 3. The first kappa shape index (κ1) is 11.6. The molecule has 2 heterocycles. The Morgan fingerprint density at radius 3 is 2.88 bits per heavy atom. The third-order valence-electron chi connectivity index (χ3n) is 2.81. The minimum Gasteiger partial charge on any atom is -0.397 e. The number of hydrogen-bond acceptors (Lipinski definition) is 3. The first-order chi connectivity index (χ1) is 8.20. The molecule has 2 rings (SSSR count). The molecule has 90 valence electrons. The second-order valence-corrected chi connectivity index (χ2v) is 4.25. The van der Waals surface area contributed by atoms with E-state index in [4.69, 9.17) is 5.73 Å². The molecule has 0 radical (unpaired) electrons. The molecule has 0 fully saturated rings. The summed E-state index contributed by atoms with van der Waals surface area (Å²) in [6, 6.07) is 2.03. The number of nitrogens with zero attached hydrogens (tertiary/aromatic N) is 3. The van der Waals surface area contributed by atoms with Crippen molar-refractivity contribution in [1.82, 2.24) is 14.5 Å². The van der Waals surface area contributed by atoms with Crippen LogP contribution in [0.1, 0.15) is 30.4 Å². The van der Waals surface area contributed by atoms with Gasteiger partial charge in [-0.2, -0.15) is 0 Å². The molecule has 0 saturated carbocycles. The molecule has 2 aromatic rings. The highest BCUT2D eigenvalue weighted by atomic mass is 15.1. The number of aryl methyl sites for hydroxylation is 2. The normalized spacial score (nSPS) is 10.7. The Labute approximate surface area is 102 Å². The van der Waals surface area contributed by atoms with Gasteiger partial charge in [-0.1, -0.05) is 6.92 Å². The molecule has 2 N–H and O–H groups in total. The molecular formula is C13H18N4. The van der Waals surface area contributed by atoms with Crippen molar-refractivity contribution in [2.24, 2.45) is 0 Å². The number of anilines is 1. The minimum absolute atomic E-state index is 0.741. The Kier molecular flexibility index (Phi) is 3.42. The molecule has 0 amide bonds. The Morgan fingerprint density at radius 1 is 1.35 bits per heavy atom. The molecule has 0 unspecified atom stereocenters. The second kappa shape index (κ2) is 4.99. The maximum atomic E-state index is 5.76. The zero-order chi connectivity index (χ0) is 12.3. The molecule has 0 atom stereocenters. The predicted molar refractivity (Wildman–Crippen MR) is 68.7 cm³/mol. The van der Waals surface area contributed by atoms with Gasteiger partial charge < -0.3 is 10.3 Å². The van der Waals surface area contributed by atoms with Gasteiger partial charge in [-0.05, 0) is 25.0 Å². The van der Waals surface area contributed by atoms with Crippen LogP contribution in [-0.4, -0.2) is 14.5 Å². The summed E-state index contributed by atoms with van der Waals surface area (Å²) in [5, 5.41) is 0. The summed E-state index contributed by atoms with van der Waals surface area (Å²) >= 11 is 0. The summed E-state index contributed by atoms with van der Waals surface area (Å²) in [7, 11) is 0. The number of nitrogens with two attached hydrogens (primary N) is 1. The van der Waals surface area contributed by atoms with Crippen LogP contribution < -0.4 is 5.73 Å². The molecule has 4 heteroatoms. The Balaban J connectivity index is 2.19. The fraction of sp³-hybridized carbons (Fsp3) is 0.385. The van der Waals surface area contributed by atoms with E-state index in [-0.39, 0.29) is 0 Å². The maximum Gasteiger partial charge on any atom is 0.114 e. The van der Waals surface area contributed by atoms with Gasteiger partial charge in [-0.15, -0.1) is 0 Å². The molecule has 0 spiro atoms.